The van der Waals surface area contributed by atoms with Crippen molar-refractivity contribution in [2.24, 2.45) is 4.99 Å². The number of hydrogen-bond acceptors (Lipinski definition) is 7. The van der Waals surface area contributed by atoms with Gasteiger partial charge in [0.25, 0.3) is 5.69 Å². The van der Waals surface area contributed by atoms with E-state index in [1.165, 1.54) is 18.2 Å². The van der Waals surface area contributed by atoms with Crippen LogP contribution < -0.4 is 11.2 Å². The first-order chi connectivity index (χ1) is 14.5. The molecule has 2 heterocycles. The van der Waals surface area contributed by atoms with Gasteiger partial charge in [-0.25, -0.2) is 28.9 Å². The van der Waals surface area contributed by atoms with E-state index < -0.39 is 22.5 Å². The van der Waals surface area contributed by atoms with Gasteiger partial charge in [0.15, 0.2) is 11.7 Å². The van der Waals surface area contributed by atoms with Crippen LogP contribution in [-0.2, 0) is 9.40 Å². The van der Waals surface area contributed by atoms with Crippen molar-refractivity contribution in [1.29, 1.82) is 0 Å². The summed E-state index contributed by atoms with van der Waals surface area (Å²) in [5.41, 5.74) is 2.23. The van der Waals surface area contributed by atoms with Gasteiger partial charge in [0.1, 0.15) is 11.6 Å². The molecule has 4 rings (SSSR count). The number of H-pyrrole nitrogens is 1. The zero-order valence-corrected chi connectivity index (χ0v) is 18.9. The van der Waals surface area contributed by atoms with Crippen molar-refractivity contribution < 1.29 is 22.7 Å². The van der Waals surface area contributed by atoms with Crippen LogP contribution in [-0.4, -0.2) is 21.7 Å². The van der Waals surface area contributed by atoms with Crippen LogP contribution in [0.5, 0.6) is 0 Å². The van der Waals surface area contributed by atoms with E-state index in [0.29, 0.717) is 11.4 Å². The van der Waals surface area contributed by atoms with E-state index in [4.69, 9.17) is 16.4 Å². The van der Waals surface area contributed by atoms with Gasteiger partial charge in [-0.05, 0) is 58.0 Å². The van der Waals surface area contributed by atoms with Crippen LogP contribution in [0.3, 0.4) is 0 Å². The molecule has 166 valence electrons. The summed E-state index contributed by atoms with van der Waals surface area (Å²) < 4.78 is 40.0. The second-order valence-electron chi connectivity index (χ2n) is 5.29. The Kier molecular flexibility index (Phi) is 9.49. The van der Waals surface area contributed by atoms with Crippen molar-refractivity contribution in [3.63, 3.8) is 0 Å². The maximum atomic E-state index is 13.1. The molecular weight excluding hydrogens is 523 g/mol. The molecule has 15 heteroatoms. The van der Waals surface area contributed by atoms with E-state index in [2.05, 4.69) is 58.9 Å². The smallest absolute Gasteiger partial charge is 0.296 e. The summed E-state index contributed by atoms with van der Waals surface area (Å²) in [7, 11) is 0. The number of amidine groups is 1. The number of nitrogens with zero attached hydrogens (tertiary/aromatic N) is 2. The lowest BCUT2D eigenvalue weighted by Crippen LogP contribution is -2.19. The van der Waals surface area contributed by atoms with Crippen molar-refractivity contribution >= 4 is 56.4 Å². The second kappa shape index (κ2) is 11.6. The highest BCUT2D eigenvalue weighted by Gasteiger charge is 2.18. The maximum absolute atomic E-state index is 13.1. The number of halogens is 6. The molecule has 0 saturated heterocycles. The number of rotatable bonds is 2. The van der Waals surface area contributed by atoms with Crippen LogP contribution in [0, 0.1) is 11.6 Å². The number of benzene rings is 2. The van der Waals surface area contributed by atoms with E-state index in [-0.39, 0.29) is 17.2 Å². The molecule has 0 aliphatic carbocycles. The first-order valence-corrected chi connectivity index (χ1v) is 12.8. The third-order valence-electron chi connectivity index (χ3n) is 3.18. The largest absolute Gasteiger partial charge is 0.439 e. The van der Waals surface area contributed by atoms with Crippen molar-refractivity contribution in [3.05, 3.63) is 76.3 Å². The van der Waals surface area contributed by atoms with E-state index in [1.54, 1.807) is 30.3 Å². The van der Waals surface area contributed by atoms with E-state index in [9.17, 15) is 18.1 Å². The van der Waals surface area contributed by atoms with Crippen LogP contribution in [0.1, 0.15) is 5.56 Å². The first kappa shape index (κ1) is 25.3. The van der Waals surface area contributed by atoms with Crippen molar-refractivity contribution in [2.75, 3.05) is 0 Å². The number of hydroxylamine groups is 1. The van der Waals surface area contributed by atoms with Gasteiger partial charge < -0.3 is 0 Å². The lowest BCUT2D eigenvalue weighted by molar-refractivity contribution is 0.0879. The Morgan fingerprint density at radius 1 is 0.968 bits per heavy atom. The Morgan fingerprint density at radius 2 is 1.48 bits per heavy atom. The lowest BCUT2D eigenvalue weighted by atomic mass is 10.2. The highest BCUT2D eigenvalue weighted by atomic mass is 36.0. The van der Waals surface area contributed by atoms with Gasteiger partial charge in [-0.1, -0.05) is 41.0 Å². The van der Waals surface area contributed by atoms with Crippen molar-refractivity contribution in [2.45, 2.75) is 5.69 Å². The summed E-state index contributed by atoms with van der Waals surface area (Å²) >= 11 is 19.4. The third-order valence-corrected chi connectivity index (χ3v) is 3.37. The summed E-state index contributed by atoms with van der Waals surface area (Å²) in [6, 6.07) is 12.2. The highest BCUT2D eigenvalue weighted by Crippen LogP contribution is 2.61. The van der Waals surface area contributed by atoms with Crippen LogP contribution in [0.25, 0.3) is 11.4 Å². The van der Waals surface area contributed by atoms with Crippen LogP contribution in [0.4, 0.5) is 8.78 Å². The maximum Gasteiger partial charge on any atom is 0.439 e. The zero-order valence-electron chi connectivity index (χ0n) is 14.9. The Bertz CT molecular complexity index is 1150. The van der Waals surface area contributed by atoms with Crippen molar-refractivity contribution in [3.8, 4) is 11.4 Å². The molecule has 1 atom stereocenters. The topological polar surface area (TPSA) is 110 Å². The number of aromatic amines is 1. The quantitative estimate of drug-likeness (QED) is 0.252. The van der Waals surface area contributed by atoms with Gasteiger partial charge in [0.2, 0.25) is 0 Å². The van der Waals surface area contributed by atoms with Crippen molar-refractivity contribution in [1.82, 2.24) is 15.6 Å². The van der Waals surface area contributed by atoms with Gasteiger partial charge in [-0.2, -0.15) is 0 Å². The van der Waals surface area contributed by atoms with E-state index in [0.717, 1.165) is 0 Å². The fourth-order valence-corrected chi connectivity index (χ4v) is 2.18. The predicted molar refractivity (Wildman–Crippen MR) is 114 cm³/mol. The summed E-state index contributed by atoms with van der Waals surface area (Å²) in [4.78, 5) is 21.4. The van der Waals surface area contributed by atoms with Crippen LogP contribution in [0.2, 0.25) is 0 Å². The Morgan fingerprint density at radius 3 is 1.90 bits per heavy atom. The fourth-order valence-electron chi connectivity index (χ4n) is 2.04. The fraction of sp³-hybridized carbons (Fsp3) is 0.0625. The van der Waals surface area contributed by atoms with Gasteiger partial charge in [0, 0.05) is 0 Å². The molecule has 1 aliphatic rings. The number of aromatic nitrogens is 2. The summed E-state index contributed by atoms with van der Waals surface area (Å²) in [5, 5.41) is 0.142. The molecule has 0 spiro atoms. The van der Waals surface area contributed by atoms with Gasteiger partial charge in [0.05, 0.1) is 11.1 Å². The summed E-state index contributed by atoms with van der Waals surface area (Å²) in [6.45, 7) is 0. The van der Waals surface area contributed by atoms with Crippen LogP contribution >= 0.6 is 50.5 Å². The molecule has 1 aromatic heterocycles. The van der Waals surface area contributed by atoms with E-state index >= 15 is 0 Å². The highest BCUT2D eigenvalue weighted by molar-refractivity contribution is 8.24. The number of alkyl halides is 1. The molecule has 0 fully saturated rings. The summed E-state index contributed by atoms with van der Waals surface area (Å²) in [5.74, 6) is -1.09. The molecule has 2 N–H and O–H groups in total. The zero-order chi connectivity index (χ0) is 23.0. The molecule has 8 nitrogen and oxygen atoms in total. The molecule has 2 aromatic carbocycles. The van der Waals surface area contributed by atoms with E-state index in [1.807, 2.05) is 0 Å². The Balaban J connectivity index is 0.000000182. The molecule has 0 bridgehead atoms. The second-order valence-corrected chi connectivity index (χ2v) is 12.3. The first-order valence-electron chi connectivity index (χ1n) is 7.93. The summed E-state index contributed by atoms with van der Waals surface area (Å²) in [6.07, 6.45) is 0. The Hall–Kier alpha value is -1.94. The Labute approximate surface area is 192 Å². The monoisotopic (exact) mass is 532 g/mol. The normalized spacial score (nSPS) is 15.0. The number of hydrogen-bond donors (Lipinski definition) is 2. The minimum atomic E-state index is -3.22. The van der Waals surface area contributed by atoms with Gasteiger partial charge in [-0.15, -0.1) is 0 Å². The molecule has 1 aliphatic heterocycles. The van der Waals surface area contributed by atoms with Crippen LogP contribution in [0.15, 0.2) is 62.8 Å². The molecule has 0 saturated carbocycles. The number of nitrogens with one attached hydrogen (secondary N) is 2. The van der Waals surface area contributed by atoms with Gasteiger partial charge in [-0.3, -0.25) is 14.1 Å². The molecule has 0 radical (unpaired) electrons. The molecule has 31 heavy (non-hydrogen) atoms. The third kappa shape index (κ3) is 8.98. The number of aliphatic imine (C=N–C) groups is 1. The molecule has 1 unspecified atom stereocenters. The van der Waals surface area contributed by atoms with Gasteiger partial charge >= 0.3 is 11.0 Å². The predicted octanol–water partition coefficient (Wildman–Crippen LogP) is 5.61. The molecular formula is C16H11Cl4F2N4O4P. The standard InChI is InChI=1S/C8H6ClFN2O.C8H5FN2O2.Cl3OP/c9-8-11-7(12-13-8)5-3-1-2-4-6(5)10;9-6-4-2-1-3-5(6)7-10-8(12)13-11-7;1-5(2,3)4/h1-4,8H,(H,11,12);1-4H,(H,10,11,12);. The average Bonchev–Trinajstić information content (AvgIpc) is 3.30. The molecule has 3 aromatic rings. The minimum Gasteiger partial charge on any atom is -0.296 e. The average molecular weight is 534 g/mol. The SMILES string of the molecule is Fc1ccccc1C1=NC(Cl)ON1.O=P(Cl)(Cl)Cl.O=c1[nH]c(-c2ccccc2F)no1. The minimum absolute atomic E-state index is 0.100. The lowest BCUT2D eigenvalue weighted by Gasteiger charge is -2.00. The molecule has 0 amide bonds.